The lowest BCUT2D eigenvalue weighted by Crippen LogP contribution is -2.28. The molecule has 1 aliphatic rings. The molecule has 27 heavy (non-hydrogen) atoms. The molecule has 0 saturated carbocycles. The second-order valence-electron chi connectivity index (χ2n) is 7.04. The zero-order valence-electron chi connectivity index (χ0n) is 15.3. The predicted octanol–water partition coefficient (Wildman–Crippen LogP) is 6.09. The summed E-state index contributed by atoms with van der Waals surface area (Å²) in [5, 5.41) is 3.32. The Labute approximate surface area is 160 Å². The number of benzene rings is 4. The molecule has 0 amide bonds. The highest BCUT2D eigenvalue weighted by molar-refractivity contribution is 5.87. The largest absolute Gasteiger partial charge is 0.388 e. The topological polar surface area (TPSA) is 12.0 Å². The van der Waals surface area contributed by atoms with Crippen molar-refractivity contribution in [3.05, 3.63) is 125 Å². The van der Waals surface area contributed by atoms with Crippen LogP contribution in [0.4, 0.5) is 5.69 Å². The summed E-state index contributed by atoms with van der Waals surface area (Å²) in [6.45, 7) is 0. The maximum Gasteiger partial charge on any atom is 0.0714 e. The SMILES string of the molecule is CNc1ccc2c(c1)C(c1ccccc1)(c1ccccc1)c1ccccc1-2. The molecule has 0 bridgehead atoms. The van der Waals surface area contributed by atoms with E-state index in [0.717, 1.165) is 5.69 Å². The van der Waals surface area contributed by atoms with Gasteiger partial charge < -0.3 is 5.32 Å². The molecule has 4 aromatic rings. The minimum atomic E-state index is -0.304. The highest BCUT2D eigenvalue weighted by atomic mass is 14.8. The van der Waals surface area contributed by atoms with E-state index in [2.05, 4.69) is 108 Å². The lowest BCUT2D eigenvalue weighted by molar-refractivity contribution is 0.769. The molecule has 0 radical (unpaired) electrons. The van der Waals surface area contributed by atoms with Crippen LogP contribution in [-0.2, 0) is 5.41 Å². The highest BCUT2D eigenvalue weighted by Gasteiger charge is 2.45. The van der Waals surface area contributed by atoms with Crippen LogP contribution in [0.1, 0.15) is 22.3 Å². The Bertz CT molecular complexity index is 1060. The molecular formula is C26H21N. The fourth-order valence-electron chi connectivity index (χ4n) is 4.60. The Morgan fingerprint density at radius 1 is 0.556 bits per heavy atom. The van der Waals surface area contributed by atoms with Crippen molar-refractivity contribution in [2.75, 3.05) is 12.4 Å². The first-order valence-electron chi connectivity index (χ1n) is 9.39. The third-order valence-electron chi connectivity index (χ3n) is 5.75. The lowest BCUT2D eigenvalue weighted by atomic mass is 9.67. The number of rotatable bonds is 3. The summed E-state index contributed by atoms with van der Waals surface area (Å²) in [5.41, 5.74) is 8.77. The molecule has 130 valence electrons. The molecular weight excluding hydrogens is 326 g/mol. The quantitative estimate of drug-likeness (QED) is 0.416. The summed E-state index contributed by atoms with van der Waals surface area (Å²) >= 11 is 0. The van der Waals surface area contributed by atoms with Gasteiger partial charge in [0.1, 0.15) is 0 Å². The average molecular weight is 347 g/mol. The van der Waals surface area contributed by atoms with Crippen LogP contribution in [0.2, 0.25) is 0 Å². The molecule has 5 rings (SSSR count). The zero-order chi connectivity index (χ0) is 18.3. The number of hydrogen-bond acceptors (Lipinski definition) is 1. The van der Waals surface area contributed by atoms with Crippen LogP contribution >= 0.6 is 0 Å². The van der Waals surface area contributed by atoms with Gasteiger partial charge in [0.15, 0.2) is 0 Å². The molecule has 0 aromatic heterocycles. The van der Waals surface area contributed by atoms with Crippen molar-refractivity contribution in [1.82, 2.24) is 0 Å². The van der Waals surface area contributed by atoms with E-state index in [4.69, 9.17) is 0 Å². The van der Waals surface area contributed by atoms with Gasteiger partial charge in [0, 0.05) is 12.7 Å². The fourth-order valence-corrected chi connectivity index (χ4v) is 4.60. The summed E-state index contributed by atoms with van der Waals surface area (Å²) < 4.78 is 0. The van der Waals surface area contributed by atoms with Crippen LogP contribution in [0, 0.1) is 0 Å². The maximum atomic E-state index is 3.32. The van der Waals surface area contributed by atoms with Crippen molar-refractivity contribution in [3.8, 4) is 11.1 Å². The summed E-state index contributed by atoms with van der Waals surface area (Å²) in [6.07, 6.45) is 0. The van der Waals surface area contributed by atoms with Crippen molar-refractivity contribution in [1.29, 1.82) is 0 Å². The minimum Gasteiger partial charge on any atom is -0.388 e. The molecule has 0 spiro atoms. The van der Waals surface area contributed by atoms with E-state index in [1.807, 2.05) is 7.05 Å². The van der Waals surface area contributed by atoms with Crippen LogP contribution in [0.3, 0.4) is 0 Å². The first kappa shape index (κ1) is 15.9. The molecule has 0 unspecified atom stereocenters. The number of nitrogens with one attached hydrogen (secondary N) is 1. The summed E-state index contributed by atoms with van der Waals surface area (Å²) in [6, 6.07) is 37.3. The normalized spacial score (nSPS) is 13.7. The number of hydrogen-bond donors (Lipinski definition) is 1. The third-order valence-corrected chi connectivity index (χ3v) is 5.75. The van der Waals surface area contributed by atoms with E-state index in [1.165, 1.54) is 33.4 Å². The summed E-state index contributed by atoms with van der Waals surface area (Å²) in [5.74, 6) is 0. The van der Waals surface area contributed by atoms with E-state index < -0.39 is 0 Å². The Morgan fingerprint density at radius 3 is 1.74 bits per heavy atom. The Morgan fingerprint density at radius 2 is 1.11 bits per heavy atom. The van der Waals surface area contributed by atoms with Crippen molar-refractivity contribution in [2.24, 2.45) is 0 Å². The molecule has 0 atom stereocenters. The molecule has 1 N–H and O–H groups in total. The van der Waals surface area contributed by atoms with Crippen LogP contribution in [-0.4, -0.2) is 7.05 Å². The van der Waals surface area contributed by atoms with Crippen molar-refractivity contribution >= 4 is 5.69 Å². The van der Waals surface area contributed by atoms with Gasteiger partial charge in [-0.05, 0) is 45.5 Å². The van der Waals surface area contributed by atoms with Gasteiger partial charge in [-0.25, -0.2) is 0 Å². The van der Waals surface area contributed by atoms with Gasteiger partial charge in [0.2, 0.25) is 0 Å². The molecule has 0 aliphatic heterocycles. The lowest BCUT2D eigenvalue weighted by Gasteiger charge is -2.34. The van der Waals surface area contributed by atoms with Crippen molar-refractivity contribution in [3.63, 3.8) is 0 Å². The summed E-state index contributed by atoms with van der Waals surface area (Å²) in [7, 11) is 1.98. The fraction of sp³-hybridized carbons (Fsp3) is 0.0769. The number of fused-ring (bicyclic) bond motifs is 3. The number of anilines is 1. The van der Waals surface area contributed by atoms with Crippen LogP contribution in [0.5, 0.6) is 0 Å². The minimum absolute atomic E-state index is 0.304. The maximum absolute atomic E-state index is 3.32. The van der Waals surface area contributed by atoms with Crippen LogP contribution in [0.25, 0.3) is 11.1 Å². The molecule has 1 nitrogen and oxygen atoms in total. The smallest absolute Gasteiger partial charge is 0.0714 e. The van der Waals surface area contributed by atoms with Gasteiger partial charge in [-0.2, -0.15) is 0 Å². The average Bonchev–Trinajstić information content (AvgIpc) is 3.05. The first-order valence-corrected chi connectivity index (χ1v) is 9.39. The van der Waals surface area contributed by atoms with Gasteiger partial charge in [-0.3, -0.25) is 0 Å². The van der Waals surface area contributed by atoms with E-state index in [-0.39, 0.29) is 5.41 Å². The second-order valence-corrected chi connectivity index (χ2v) is 7.04. The van der Waals surface area contributed by atoms with Crippen molar-refractivity contribution in [2.45, 2.75) is 5.41 Å². The first-order chi connectivity index (χ1) is 13.4. The Balaban J connectivity index is 1.97. The summed E-state index contributed by atoms with van der Waals surface area (Å²) in [4.78, 5) is 0. The van der Waals surface area contributed by atoms with E-state index in [1.54, 1.807) is 0 Å². The van der Waals surface area contributed by atoms with Gasteiger partial charge in [-0.15, -0.1) is 0 Å². The molecule has 1 aliphatic carbocycles. The van der Waals surface area contributed by atoms with Gasteiger partial charge in [0.25, 0.3) is 0 Å². The molecule has 0 heterocycles. The third kappa shape index (κ3) is 2.18. The van der Waals surface area contributed by atoms with Gasteiger partial charge in [-0.1, -0.05) is 91.0 Å². The van der Waals surface area contributed by atoms with E-state index >= 15 is 0 Å². The highest BCUT2D eigenvalue weighted by Crippen LogP contribution is 2.56. The van der Waals surface area contributed by atoms with Crippen LogP contribution < -0.4 is 5.32 Å². The molecule has 4 aromatic carbocycles. The van der Waals surface area contributed by atoms with Crippen LogP contribution in [0.15, 0.2) is 103 Å². The molecule has 0 fully saturated rings. The molecule has 1 heteroatoms. The van der Waals surface area contributed by atoms with E-state index in [9.17, 15) is 0 Å². The molecule has 0 saturated heterocycles. The Hall–Kier alpha value is -3.32. The Kier molecular flexibility index (Phi) is 3.61. The van der Waals surface area contributed by atoms with E-state index in [0.29, 0.717) is 0 Å². The van der Waals surface area contributed by atoms with Gasteiger partial charge >= 0.3 is 0 Å². The second kappa shape index (κ2) is 6.14. The predicted molar refractivity (Wildman–Crippen MR) is 113 cm³/mol. The van der Waals surface area contributed by atoms with Crippen molar-refractivity contribution < 1.29 is 0 Å². The zero-order valence-corrected chi connectivity index (χ0v) is 15.3. The monoisotopic (exact) mass is 347 g/mol. The standard InChI is InChI=1S/C26H21N/c1-27-21-16-17-23-22-14-8-9-15-24(22)26(25(23)18-21,19-10-4-2-5-11-19)20-12-6-3-7-13-20/h2-18,27H,1H3. The van der Waals surface area contributed by atoms with Gasteiger partial charge in [0.05, 0.1) is 5.41 Å².